The van der Waals surface area contributed by atoms with Crippen molar-refractivity contribution in [3.63, 3.8) is 0 Å². The van der Waals surface area contributed by atoms with E-state index in [1.54, 1.807) is 39.0 Å². The molecule has 2 saturated carbocycles. The SMILES string of the molecule is Cc1ccc(CC(=O)C[C@H](CC(=O)O)c2noc(-c3cc(C(F)(F)C(C)(C)C)on3)c2C2CC2)c(Cl)c1.Cc1ccc(CC(=O)C[C@H](CC(=O)OC(C)(C)C)c2noc(-c3cc(C(F)(F)C(C)(C)C)on3)c2C2CC2)c(Cl)c1. The van der Waals surface area contributed by atoms with E-state index in [1.165, 1.54) is 47.6 Å². The van der Waals surface area contributed by atoms with Gasteiger partial charge in [-0.1, -0.05) is 110 Å². The van der Waals surface area contributed by atoms with Crippen LogP contribution < -0.4 is 0 Å². The van der Waals surface area contributed by atoms with Crippen LogP contribution in [0.2, 0.25) is 10.0 Å². The first-order valence-electron chi connectivity index (χ1n) is 25.9. The number of carbonyl (C=O) groups excluding carboxylic acids is 3. The molecule has 2 aliphatic carbocycles. The molecule has 0 radical (unpaired) electrons. The summed E-state index contributed by atoms with van der Waals surface area (Å²) in [6.45, 7) is 17.6. The zero-order valence-electron chi connectivity index (χ0n) is 45.7. The maximum atomic E-state index is 15.0. The number of ketones is 2. The minimum Gasteiger partial charge on any atom is -0.481 e. The number of benzene rings is 2. The smallest absolute Gasteiger partial charge is 0.312 e. The van der Waals surface area contributed by atoms with Crippen molar-refractivity contribution in [1.29, 1.82) is 0 Å². The molecule has 8 rings (SSSR count). The number of aryl methyl sites for hydroxylation is 2. The van der Waals surface area contributed by atoms with Crippen LogP contribution in [0, 0.1) is 24.7 Å². The summed E-state index contributed by atoms with van der Waals surface area (Å²) < 4.78 is 86.5. The Kier molecular flexibility index (Phi) is 17.5. The van der Waals surface area contributed by atoms with Gasteiger partial charge in [0.15, 0.2) is 22.9 Å². The Bertz CT molecular complexity index is 3170. The van der Waals surface area contributed by atoms with E-state index in [1.807, 2.05) is 32.0 Å². The highest BCUT2D eigenvalue weighted by molar-refractivity contribution is 6.32. The normalized spacial score (nSPS) is 15.1. The van der Waals surface area contributed by atoms with E-state index in [4.69, 9.17) is 46.0 Å². The Hall–Kier alpha value is -6.14. The Morgan fingerprint density at radius 2 is 0.974 bits per heavy atom. The van der Waals surface area contributed by atoms with Gasteiger partial charge < -0.3 is 27.9 Å². The molecule has 4 heterocycles. The molecule has 2 aromatic carbocycles. The molecule has 0 spiro atoms. The van der Waals surface area contributed by atoms with Crippen molar-refractivity contribution in [2.24, 2.45) is 10.8 Å². The van der Waals surface area contributed by atoms with Crippen LogP contribution in [0.15, 0.2) is 66.6 Å². The van der Waals surface area contributed by atoms with Crippen LogP contribution in [0.1, 0.15) is 194 Å². The first-order chi connectivity index (χ1) is 36.2. The molecule has 6 aromatic rings. The summed E-state index contributed by atoms with van der Waals surface area (Å²) >= 11 is 12.6. The van der Waals surface area contributed by atoms with Crippen molar-refractivity contribution in [1.82, 2.24) is 20.6 Å². The third-order valence-corrected chi connectivity index (χ3v) is 14.3. The molecule has 14 nitrogen and oxygen atoms in total. The van der Waals surface area contributed by atoms with Gasteiger partial charge in [0.1, 0.15) is 17.2 Å². The molecule has 2 atom stereocenters. The highest BCUT2D eigenvalue weighted by atomic mass is 35.5. The van der Waals surface area contributed by atoms with E-state index in [-0.39, 0.29) is 84.8 Å². The topological polar surface area (TPSA) is 202 Å². The van der Waals surface area contributed by atoms with Crippen molar-refractivity contribution < 1.29 is 64.7 Å². The predicted octanol–water partition coefficient (Wildman–Crippen LogP) is 15.4. The fraction of sp³-hybridized carbons (Fsp3) is 0.517. The van der Waals surface area contributed by atoms with Crippen molar-refractivity contribution in [2.45, 2.75) is 181 Å². The summed E-state index contributed by atoms with van der Waals surface area (Å²) in [5.74, 6) is -10.6. The van der Waals surface area contributed by atoms with E-state index in [0.29, 0.717) is 43.7 Å². The Morgan fingerprint density at radius 1 is 0.590 bits per heavy atom. The van der Waals surface area contributed by atoms with E-state index < -0.39 is 63.6 Å². The van der Waals surface area contributed by atoms with Gasteiger partial charge in [-0.15, -0.1) is 0 Å². The molecular formula is C58H66Cl2F4N4O10. The predicted molar refractivity (Wildman–Crippen MR) is 282 cm³/mol. The van der Waals surface area contributed by atoms with Crippen LogP contribution >= 0.6 is 23.2 Å². The molecule has 420 valence electrons. The van der Waals surface area contributed by atoms with Gasteiger partial charge in [0.25, 0.3) is 0 Å². The molecular weight excluding hydrogens is 1060 g/mol. The number of carbonyl (C=O) groups is 4. The molecule has 2 aliphatic rings. The summed E-state index contributed by atoms with van der Waals surface area (Å²) in [4.78, 5) is 50.9. The average Bonchev–Trinajstić information content (AvgIpc) is 4.15. The number of carboxylic acid groups (broad SMARTS) is 1. The fourth-order valence-electron chi connectivity index (χ4n) is 8.95. The first-order valence-corrected chi connectivity index (χ1v) is 26.7. The highest BCUT2D eigenvalue weighted by Gasteiger charge is 2.50. The van der Waals surface area contributed by atoms with Gasteiger partial charge in [-0.25, -0.2) is 0 Å². The minimum atomic E-state index is -3.28. The number of carboxylic acids is 1. The number of alkyl halides is 4. The number of aliphatic carboxylic acids is 1. The Balaban J connectivity index is 0.000000227. The second kappa shape index (κ2) is 22.9. The average molecular weight is 1130 g/mol. The lowest BCUT2D eigenvalue weighted by molar-refractivity contribution is -0.155. The van der Waals surface area contributed by atoms with Gasteiger partial charge in [0.2, 0.25) is 11.5 Å². The number of nitrogens with zero attached hydrogens (tertiary/aromatic N) is 4. The van der Waals surface area contributed by atoms with E-state index in [0.717, 1.165) is 42.9 Å². The molecule has 2 fully saturated rings. The van der Waals surface area contributed by atoms with Gasteiger partial charge in [-0.2, -0.15) is 17.6 Å². The Morgan fingerprint density at radius 3 is 1.31 bits per heavy atom. The summed E-state index contributed by atoms with van der Waals surface area (Å²) in [5, 5.41) is 26.7. The first kappa shape index (κ1) is 59.5. The number of halogens is 6. The van der Waals surface area contributed by atoms with Crippen LogP contribution in [-0.2, 0) is 48.6 Å². The summed E-state index contributed by atoms with van der Waals surface area (Å²) in [6.07, 6.45) is 2.85. The second-order valence-corrected chi connectivity index (χ2v) is 24.6. The molecule has 0 amide bonds. The summed E-state index contributed by atoms with van der Waals surface area (Å²) in [7, 11) is 0. The molecule has 0 saturated heterocycles. The van der Waals surface area contributed by atoms with Crippen molar-refractivity contribution >= 4 is 46.7 Å². The number of esters is 1. The third kappa shape index (κ3) is 14.2. The number of rotatable bonds is 20. The van der Waals surface area contributed by atoms with Crippen LogP contribution in [-0.4, -0.2) is 54.8 Å². The van der Waals surface area contributed by atoms with Gasteiger partial charge in [-0.05, 0) is 107 Å². The number of ether oxygens (including phenoxy) is 1. The number of Topliss-reactive ketones (excluding diaryl/α,β-unsaturated/α-hetero) is 2. The molecule has 20 heteroatoms. The molecule has 0 unspecified atom stereocenters. The molecule has 1 N–H and O–H groups in total. The standard InChI is InChI=1S/C31H37ClF2N2O5.C27H29ClF2N2O5/c1-17-8-9-19(22(32)12-17)13-21(37)14-20(15-25(38)39-30(5,6)7)27-26(18-10-11-18)28(41-36-27)23-16-24(40-35-23)31(33,34)29(2,3)4;1-14-5-6-16(19(28)9-14)10-18(33)11-17(12-22(34)35)24-23(15-7-8-15)25(37-32-24)20-13-21(36-31-20)27(29,30)26(2,3)4/h8-9,12,16,18,20H,10-11,13-15H2,1-7H3;5-6,9,13,15,17H,7-8,10-12H2,1-4H3,(H,34,35)/t20-;17-/m11/s1. The molecule has 4 aromatic heterocycles. The van der Waals surface area contributed by atoms with Crippen molar-refractivity contribution in [2.75, 3.05) is 0 Å². The number of hydrogen-bond acceptors (Lipinski definition) is 13. The van der Waals surface area contributed by atoms with Gasteiger partial charge >= 0.3 is 23.8 Å². The maximum Gasteiger partial charge on any atom is 0.312 e. The van der Waals surface area contributed by atoms with E-state index >= 15 is 0 Å². The van der Waals surface area contributed by atoms with Crippen LogP contribution in [0.4, 0.5) is 17.6 Å². The lowest BCUT2D eigenvalue weighted by Crippen LogP contribution is -2.30. The lowest BCUT2D eigenvalue weighted by atomic mass is 9.86. The molecule has 78 heavy (non-hydrogen) atoms. The zero-order valence-corrected chi connectivity index (χ0v) is 47.2. The fourth-order valence-corrected chi connectivity index (χ4v) is 9.55. The minimum absolute atomic E-state index is 0.0115. The largest absolute Gasteiger partial charge is 0.481 e. The van der Waals surface area contributed by atoms with Gasteiger partial charge in [0.05, 0.1) is 24.2 Å². The van der Waals surface area contributed by atoms with E-state index in [2.05, 4.69) is 20.6 Å². The van der Waals surface area contributed by atoms with E-state index in [9.17, 15) is 41.8 Å². The second-order valence-electron chi connectivity index (χ2n) is 23.8. The monoisotopic (exact) mass is 1120 g/mol. The zero-order chi connectivity index (χ0) is 57.4. The van der Waals surface area contributed by atoms with Crippen LogP contribution in [0.3, 0.4) is 0 Å². The van der Waals surface area contributed by atoms with Crippen LogP contribution in [0.25, 0.3) is 22.9 Å². The lowest BCUT2D eigenvalue weighted by Gasteiger charge is -2.27. The molecule has 0 bridgehead atoms. The Labute approximate surface area is 460 Å². The summed E-state index contributed by atoms with van der Waals surface area (Å²) in [6, 6.07) is 13.2. The van der Waals surface area contributed by atoms with Crippen molar-refractivity contribution in [3.05, 3.63) is 115 Å². The number of aromatic nitrogens is 4. The third-order valence-electron chi connectivity index (χ3n) is 13.6. The summed E-state index contributed by atoms with van der Waals surface area (Å²) in [5.41, 5.74) is 1.98. The number of hydrogen-bond donors (Lipinski definition) is 1. The highest BCUT2D eigenvalue weighted by Crippen LogP contribution is 2.52. The molecule has 0 aliphatic heterocycles. The van der Waals surface area contributed by atoms with Crippen LogP contribution in [0.5, 0.6) is 0 Å². The quantitative estimate of drug-likeness (QED) is 0.0558. The van der Waals surface area contributed by atoms with Crippen molar-refractivity contribution in [3.8, 4) is 22.9 Å². The maximum absolute atomic E-state index is 15.0. The van der Waals surface area contributed by atoms with Gasteiger partial charge in [-0.3, -0.25) is 19.2 Å². The van der Waals surface area contributed by atoms with Gasteiger partial charge in [0, 0.05) is 81.7 Å².